The number of allylic oxidation sites excluding steroid dienone is 2. The first kappa shape index (κ1) is 10.5. The van der Waals surface area contributed by atoms with Gasteiger partial charge in [0, 0.05) is 17.9 Å². The third kappa shape index (κ3) is 2.01. The molecular weight excluding hydrogens is 182 g/mol. The Morgan fingerprint density at radius 2 is 1.93 bits per heavy atom. The van der Waals surface area contributed by atoms with E-state index >= 15 is 0 Å². The highest BCUT2D eigenvalue weighted by molar-refractivity contribution is 5.07. The minimum absolute atomic E-state index is 0.251. The van der Waals surface area contributed by atoms with E-state index in [1.165, 1.54) is 19.3 Å². The molecule has 0 spiro atoms. The van der Waals surface area contributed by atoms with Gasteiger partial charge in [-0.25, -0.2) is 0 Å². The van der Waals surface area contributed by atoms with Gasteiger partial charge in [0.2, 0.25) is 0 Å². The Balaban J connectivity index is 2.17. The minimum Gasteiger partial charge on any atom is -0.349 e. The third-order valence-electron chi connectivity index (χ3n) is 3.91. The quantitative estimate of drug-likeness (QED) is 0.641. The molecule has 1 heterocycles. The maximum absolute atomic E-state index is 2.42. The van der Waals surface area contributed by atoms with Crippen molar-refractivity contribution in [1.29, 1.82) is 0 Å². The van der Waals surface area contributed by atoms with Crippen LogP contribution in [0.2, 0.25) is 0 Å². The van der Waals surface area contributed by atoms with Gasteiger partial charge in [-0.05, 0) is 58.1 Å². The summed E-state index contributed by atoms with van der Waals surface area (Å²) >= 11 is 0. The Bertz CT molecular complexity index is 343. The van der Waals surface area contributed by atoms with Crippen LogP contribution in [-0.4, -0.2) is 4.57 Å². The molecule has 1 aliphatic rings. The molecule has 0 aromatic carbocycles. The zero-order chi connectivity index (χ0) is 10.9. The van der Waals surface area contributed by atoms with Gasteiger partial charge in [-0.2, -0.15) is 0 Å². The van der Waals surface area contributed by atoms with Crippen molar-refractivity contribution in [3.8, 4) is 0 Å². The first-order valence-electron chi connectivity index (χ1n) is 5.90. The van der Waals surface area contributed by atoms with Crippen LogP contribution < -0.4 is 0 Å². The van der Waals surface area contributed by atoms with E-state index in [9.17, 15) is 0 Å². The minimum atomic E-state index is 0.251. The highest BCUT2D eigenvalue weighted by atomic mass is 15.0. The van der Waals surface area contributed by atoms with Crippen LogP contribution in [0.15, 0.2) is 36.2 Å². The molecule has 0 radical (unpaired) electrons. The van der Waals surface area contributed by atoms with Crippen LogP contribution in [0.4, 0.5) is 0 Å². The molecule has 82 valence electrons. The van der Waals surface area contributed by atoms with Crippen LogP contribution in [0.25, 0.3) is 0 Å². The summed E-state index contributed by atoms with van der Waals surface area (Å²) < 4.78 is 2.35. The number of rotatable bonds is 2. The second-order valence-corrected chi connectivity index (χ2v) is 5.27. The number of aromatic nitrogens is 1. The molecule has 1 aromatic rings. The van der Waals surface area contributed by atoms with Crippen molar-refractivity contribution >= 4 is 0 Å². The average Bonchev–Trinajstić information content (AvgIpc) is 2.71. The molecular formula is C14H21N. The van der Waals surface area contributed by atoms with Crippen LogP contribution >= 0.6 is 0 Å². The molecule has 0 saturated carbocycles. The van der Waals surface area contributed by atoms with Crippen molar-refractivity contribution in [2.24, 2.45) is 5.92 Å². The van der Waals surface area contributed by atoms with Crippen molar-refractivity contribution < 1.29 is 0 Å². The van der Waals surface area contributed by atoms with Crippen LogP contribution in [0.1, 0.15) is 40.0 Å². The molecule has 0 saturated heterocycles. The zero-order valence-electron chi connectivity index (χ0n) is 10.0. The lowest BCUT2D eigenvalue weighted by Crippen LogP contribution is -2.35. The molecule has 0 fully saturated rings. The summed E-state index contributed by atoms with van der Waals surface area (Å²) in [6.45, 7) is 6.96. The maximum Gasteiger partial charge on any atom is 0.0414 e. The van der Waals surface area contributed by atoms with Crippen molar-refractivity contribution in [2.45, 2.75) is 45.6 Å². The summed E-state index contributed by atoms with van der Waals surface area (Å²) in [5, 5.41) is 0. The van der Waals surface area contributed by atoms with Crippen LogP contribution in [0.5, 0.6) is 0 Å². The van der Waals surface area contributed by atoms with Gasteiger partial charge in [0.25, 0.3) is 0 Å². The fourth-order valence-electron chi connectivity index (χ4n) is 2.54. The Labute approximate surface area is 92.8 Å². The van der Waals surface area contributed by atoms with Gasteiger partial charge in [-0.15, -0.1) is 0 Å². The highest BCUT2D eigenvalue weighted by Gasteiger charge is 2.30. The fourth-order valence-corrected chi connectivity index (χ4v) is 2.54. The normalized spacial score (nSPS) is 22.6. The van der Waals surface area contributed by atoms with Crippen LogP contribution in [0.3, 0.4) is 0 Å². The maximum atomic E-state index is 2.42. The van der Waals surface area contributed by atoms with E-state index in [4.69, 9.17) is 0 Å². The molecule has 0 N–H and O–H groups in total. The first-order chi connectivity index (χ1) is 7.10. The summed E-state index contributed by atoms with van der Waals surface area (Å²) in [4.78, 5) is 0. The van der Waals surface area contributed by atoms with Crippen molar-refractivity contribution in [3.63, 3.8) is 0 Å². The van der Waals surface area contributed by atoms with Crippen LogP contribution in [0, 0.1) is 5.92 Å². The highest BCUT2D eigenvalue weighted by Crippen LogP contribution is 2.36. The predicted octanol–water partition coefficient (Wildman–Crippen LogP) is 3.97. The summed E-state index contributed by atoms with van der Waals surface area (Å²) in [6, 6.07) is 4.23. The SMILES string of the molecule is CC1=CCC(C(C)(C)n2cccc2)CC1. The summed E-state index contributed by atoms with van der Waals surface area (Å²) in [7, 11) is 0. The van der Waals surface area contributed by atoms with E-state index in [1.54, 1.807) is 5.57 Å². The standard InChI is InChI=1S/C14H21N/c1-12-6-8-13(9-7-12)14(2,3)15-10-4-5-11-15/h4-6,10-11,13H,7-9H2,1-3H3. The van der Waals surface area contributed by atoms with Crippen molar-refractivity contribution in [2.75, 3.05) is 0 Å². The van der Waals surface area contributed by atoms with Gasteiger partial charge < -0.3 is 4.57 Å². The fraction of sp³-hybridized carbons (Fsp3) is 0.571. The Morgan fingerprint density at radius 1 is 1.27 bits per heavy atom. The number of hydrogen-bond donors (Lipinski definition) is 0. The second kappa shape index (κ2) is 3.88. The van der Waals surface area contributed by atoms with E-state index in [0.717, 1.165) is 5.92 Å². The molecule has 1 atom stereocenters. The summed E-state index contributed by atoms with van der Waals surface area (Å²) in [5.74, 6) is 0.772. The molecule has 1 heteroatoms. The monoisotopic (exact) mass is 203 g/mol. The van der Waals surface area contributed by atoms with Gasteiger partial charge in [-0.3, -0.25) is 0 Å². The summed E-state index contributed by atoms with van der Waals surface area (Å²) in [6.07, 6.45) is 10.6. The van der Waals surface area contributed by atoms with E-state index in [1.807, 2.05) is 0 Å². The van der Waals surface area contributed by atoms with Gasteiger partial charge in [-0.1, -0.05) is 11.6 Å². The Hall–Kier alpha value is -0.980. The average molecular weight is 203 g/mol. The zero-order valence-corrected chi connectivity index (χ0v) is 10.0. The van der Waals surface area contributed by atoms with E-state index < -0.39 is 0 Å². The lowest BCUT2D eigenvalue weighted by molar-refractivity contribution is 0.199. The van der Waals surface area contributed by atoms with Gasteiger partial charge in [0.1, 0.15) is 0 Å². The number of hydrogen-bond acceptors (Lipinski definition) is 0. The topological polar surface area (TPSA) is 4.93 Å². The second-order valence-electron chi connectivity index (χ2n) is 5.27. The molecule has 1 nitrogen and oxygen atoms in total. The lowest BCUT2D eigenvalue weighted by Gasteiger charge is -2.37. The van der Waals surface area contributed by atoms with Gasteiger partial charge >= 0.3 is 0 Å². The third-order valence-corrected chi connectivity index (χ3v) is 3.91. The predicted molar refractivity (Wildman–Crippen MR) is 64.9 cm³/mol. The largest absolute Gasteiger partial charge is 0.349 e. The molecule has 0 bridgehead atoms. The van der Waals surface area contributed by atoms with E-state index in [2.05, 4.69) is 55.9 Å². The van der Waals surface area contributed by atoms with Crippen LogP contribution in [-0.2, 0) is 5.54 Å². The molecule has 15 heavy (non-hydrogen) atoms. The molecule has 2 rings (SSSR count). The van der Waals surface area contributed by atoms with Crippen molar-refractivity contribution in [3.05, 3.63) is 36.2 Å². The smallest absolute Gasteiger partial charge is 0.0414 e. The summed E-state index contributed by atoms with van der Waals surface area (Å²) in [5.41, 5.74) is 1.82. The van der Waals surface area contributed by atoms with E-state index in [-0.39, 0.29) is 5.54 Å². The molecule has 1 aromatic heterocycles. The molecule has 0 amide bonds. The molecule has 1 unspecified atom stereocenters. The Morgan fingerprint density at radius 3 is 2.47 bits per heavy atom. The van der Waals surface area contributed by atoms with Gasteiger partial charge in [0.05, 0.1) is 0 Å². The van der Waals surface area contributed by atoms with Crippen molar-refractivity contribution in [1.82, 2.24) is 4.57 Å². The van der Waals surface area contributed by atoms with E-state index in [0.29, 0.717) is 0 Å². The molecule has 0 aliphatic heterocycles. The Kier molecular flexibility index (Phi) is 2.72. The first-order valence-corrected chi connectivity index (χ1v) is 5.90. The lowest BCUT2D eigenvalue weighted by atomic mass is 9.77. The molecule has 1 aliphatic carbocycles. The van der Waals surface area contributed by atoms with Gasteiger partial charge in [0.15, 0.2) is 0 Å². The number of nitrogens with zero attached hydrogens (tertiary/aromatic N) is 1.